The van der Waals surface area contributed by atoms with Crippen LogP contribution in [0.4, 0.5) is 0 Å². The standard InChI is InChI=1S/Ce.H3O4P/c;1-5(2,3)4/h;(H3,1,2,3,4)/p-3. The Hall–Kier alpha value is 1.49. The molecule has 0 heterocycles. The summed E-state index contributed by atoms with van der Waals surface area (Å²) in [5, 5.41) is 0. The second-order valence-electron chi connectivity index (χ2n) is 0.447. The zero-order chi connectivity index (χ0) is 4.50. The molecule has 36 valence electrons. The van der Waals surface area contributed by atoms with Crippen molar-refractivity contribution in [2.45, 2.75) is 0 Å². The van der Waals surface area contributed by atoms with Gasteiger partial charge in [0.2, 0.25) is 0 Å². The predicted molar refractivity (Wildman–Crippen MR) is 7.61 cm³/mol. The Labute approximate surface area is 68.2 Å². The second-order valence-corrected chi connectivity index (χ2v) is 1.34. The molecule has 0 amide bonds. The Balaban J connectivity index is 0. The minimum Gasteiger partial charge on any atom is -0.822 e. The van der Waals surface area contributed by atoms with Gasteiger partial charge in [-0.3, -0.25) is 0 Å². The molecule has 0 bridgehead atoms. The van der Waals surface area contributed by atoms with Gasteiger partial charge in [0.25, 0.3) is 0 Å². The van der Waals surface area contributed by atoms with Crippen molar-refractivity contribution in [1.29, 1.82) is 0 Å². The molecule has 6 heavy (non-hydrogen) atoms. The Kier molecular flexibility index (Phi) is 6.08. The molecule has 0 aliphatic rings. The van der Waals surface area contributed by atoms with Crippen molar-refractivity contribution in [2.75, 3.05) is 0 Å². The first-order valence-electron chi connectivity index (χ1n) is 0.730. The predicted octanol–water partition coefficient (Wildman–Crippen LogP) is -2.82. The molecular weight excluding hydrogens is 235 g/mol. The van der Waals surface area contributed by atoms with Gasteiger partial charge in [-0.2, -0.15) is 7.82 Å². The third kappa shape index (κ3) is 50.0. The van der Waals surface area contributed by atoms with Crippen LogP contribution in [-0.4, -0.2) is 0 Å². The van der Waals surface area contributed by atoms with E-state index in [1.165, 1.54) is 0 Å². The van der Waals surface area contributed by atoms with Crippen LogP contribution in [0.25, 0.3) is 0 Å². The van der Waals surface area contributed by atoms with Crippen LogP contribution in [0.1, 0.15) is 0 Å². The molecular formula is CeO4P-3. The first kappa shape index (κ1) is 10.5. The van der Waals surface area contributed by atoms with Gasteiger partial charge >= 0.3 is 0 Å². The van der Waals surface area contributed by atoms with Gasteiger partial charge in [0, 0.05) is 41.7 Å². The van der Waals surface area contributed by atoms with Crippen molar-refractivity contribution >= 4 is 7.82 Å². The van der Waals surface area contributed by atoms with Crippen molar-refractivity contribution in [3.05, 3.63) is 0 Å². The minimum absolute atomic E-state index is 0. The van der Waals surface area contributed by atoms with Crippen LogP contribution in [0.15, 0.2) is 0 Å². The smallest absolute Gasteiger partial charge is 0 e. The summed E-state index contributed by atoms with van der Waals surface area (Å²) in [7, 11) is -5.39. The van der Waals surface area contributed by atoms with E-state index in [0.29, 0.717) is 0 Å². The Morgan fingerprint density at radius 1 is 1.17 bits per heavy atom. The summed E-state index contributed by atoms with van der Waals surface area (Å²) in [4.78, 5) is 25.6. The maximum Gasteiger partial charge on any atom is 0 e. The van der Waals surface area contributed by atoms with E-state index in [9.17, 15) is 0 Å². The molecule has 0 atom stereocenters. The van der Waals surface area contributed by atoms with E-state index in [4.69, 9.17) is 19.2 Å². The van der Waals surface area contributed by atoms with E-state index in [0.717, 1.165) is 0 Å². The van der Waals surface area contributed by atoms with E-state index < -0.39 is 7.82 Å². The van der Waals surface area contributed by atoms with Crippen molar-refractivity contribution < 1.29 is 61.0 Å². The van der Waals surface area contributed by atoms with E-state index in [1.807, 2.05) is 0 Å². The van der Waals surface area contributed by atoms with Gasteiger partial charge in [0.1, 0.15) is 0 Å². The molecule has 0 radical (unpaired) electrons. The summed E-state index contributed by atoms with van der Waals surface area (Å²) < 4.78 is 8.55. The largest absolute Gasteiger partial charge is 0.822 e. The van der Waals surface area contributed by atoms with Gasteiger partial charge in [-0.1, -0.05) is 0 Å². The number of phosphoric acid groups is 1. The maximum absolute atomic E-state index is 8.55. The van der Waals surface area contributed by atoms with E-state index in [1.54, 1.807) is 0 Å². The molecule has 0 aliphatic heterocycles. The molecule has 0 saturated carbocycles. The molecule has 0 aromatic heterocycles. The summed E-state index contributed by atoms with van der Waals surface area (Å²) in [5.74, 6) is 0. The van der Waals surface area contributed by atoms with Crippen molar-refractivity contribution in [3.8, 4) is 0 Å². The van der Waals surface area contributed by atoms with Crippen molar-refractivity contribution in [3.63, 3.8) is 0 Å². The Bertz CT molecular complexity index is 53.7. The van der Waals surface area contributed by atoms with Gasteiger partial charge in [0.15, 0.2) is 0 Å². The zero-order valence-electron chi connectivity index (χ0n) is 2.58. The molecule has 0 saturated heterocycles. The number of hydrogen-bond donors (Lipinski definition) is 0. The molecule has 0 aromatic rings. The minimum atomic E-state index is -5.39. The second kappa shape index (κ2) is 3.48. The van der Waals surface area contributed by atoms with Gasteiger partial charge in [-0.05, 0) is 0 Å². The van der Waals surface area contributed by atoms with Gasteiger partial charge < -0.3 is 19.2 Å². The zero-order valence-corrected chi connectivity index (χ0v) is 6.61. The number of hydrogen-bond acceptors (Lipinski definition) is 4. The summed E-state index contributed by atoms with van der Waals surface area (Å²) in [6.45, 7) is 0. The summed E-state index contributed by atoms with van der Waals surface area (Å²) >= 11 is 0. The third-order valence-electron chi connectivity index (χ3n) is 0. The number of rotatable bonds is 0. The van der Waals surface area contributed by atoms with Crippen LogP contribution in [0.5, 0.6) is 0 Å². The van der Waals surface area contributed by atoms with Crippen molar-refractivity contribution in [1.82, 2.24) is 0 Å². The molecule has 0 rings (SSSR count). The van der Waals surface area contributed by atoms with Crippen molar-refractivity contribution in [2.24, 2.45) is 0 Å². The normalized spacial score (nSPS) is 9.83. The van der Waals surface area contributed by atoms with Gasteiger partial charge in [-0.25, -0.2) is 0 Å². The van der Waals surface area contributed by atoms with E-state index >= 15 is 0 Å². The molecule has 0 spiro atoms. The average molecular weight is 235 g/mol. The average Bonchev–Trinajstić information content (AvgIpc) is 0.722. The Morgan fingerprint density at radius 3 is 1.17 bits per heavy atom. The summed E-state index contributed by atoms with van der Waals surface area (Å²) in [6.07, 6.45) is 0. The first-order chi connectivity index (χ1) is 2.00. The van der Waals surface area contributed by atoms with Crippen LogP contribution < -0.4 is 14.7 Å². The van der Waals surface area contributed by atoms with Crippen LogP contribution in [0.2, 0.25) is 0 Å². The molecule has 0 aliphatic carbocycles. The Morgan fingerprint density at radius 2 is 1.17 bits per heavy atom. The van der Waals surface area contributed by atoms with Crippen LogP contribution in [-0.2, 0) is 4.57 Å². The first-order valence-corrected chi connectivity index (χ1v) is 2.19. The molecule has 0 unspecified atom stereocenters. The van der Waals surface area contributed by atoms with Gasteiger partial charge in [-0.15, -0.1) is 0 Å². The fourth-order valence-corrected chi connectivity index (χ4v) is 0. The topological polar surface area (TPSA) is 86.2 Å². The van der Waals surface area contributed by atoms with Crippen LogP contribution in [0, 0.1) is 41.7 Å². The summed E-state index contributed by atoms with van der Waals surface area (Å²) in [6, 6.07) is 0. The third-order valence-corrected chi connectivity index (χ3v) is 0. The fraction of sp³-hybridized carbons (Fsp3) is 0. The fourth-order valence-electron chi connectivity index (χ4n) is 0. The monoisotopic (exact) mass is 235 g/mol. The molecule has 4 nitrogen and oxygen atoms in total. The quantitative estimate of drug-likeness (QED) is 0.423. The van der Waals surface area contributed by atoms with Gasteiger partial charge in [0.05, 0.1) is 0 Å². The van der Waals surface area contributed by atoms with E-state index in [2.05, 4.69) is 0 Å². The SMILES string of the molecule is O=P([O-])([O-])[O-].[Ce]. The van der Waals surface area contributed by atoms with E-state index in [-0.39, 0.29) is 41.7 Å². The van der Waals surface area contributed by atoms with Crippen LogP contribution in [0.3, 0.4) is 0 Å². The molecule has 0 N–H and O–H groups in total. The molecule has 0 fully saturated rings. The molecule has 6 heteroatoms. The van der Waals surface area contributed by atoms with Crippen LogP contribution >= 0.6 is 7.82 Å². The maximum atomic E-state index is 8.55. The summed E-state index contributed by atoms with van der Waals surface area (Å²) in [5.41, 5.74) is 0. The molecule has 0 aromatic carbocycles.